The summed E-state index contributed by atoms with van der Waals surface area (Å²) in [5.74, 6) is 0. The zero-order valence-electron chi connectivity index (χ0n) is 76.8. The molecule has 8 spiro atoms. The van der Waals surface area contributed by atoms with Crippen molar-refractivity contribution in [3.05, 3.63) is 0 Å². The number of hydrogen-bond donors (Lipinski definition) is 0. The highest BCUT2D eigenvalue weighted by Gasteiger charge is 2.47. The van der Waals surface area contributed by atoms with E-state index in [1.807, 2.05) is 0 Å². The molecule has 16 aliphatic rings. The minimum absolute atomic E-state index is 0.112. The van der Waals surface area contributed by atoms with E-state index < -0.39 is 0 Å². The average Bonchev–Trinajstić information content (AvgIpc) is 1.63. The zero-order valence-corrected chi connectivity index (χ0v) is 76.8. The molecule has 10 aliphatic heterocycles. The maximum absolute atomic E-state index is 5.97. The molecule has 0 amide bonds. The van der Waals surface area contributed by atoms with Gasteiger partial charge in [-0.15, -0.1) is 0 Å². The molecule has 644 valence electrons. The molecule has 110 heavy (non-hydrogen) atoms. The SMILES string of the molecule is CC(C)N1CCC2(CCCCC2)CC1.CC(C)N1CCCC2(CC2)C1.CC(C)N1CCCC2(CCCC2)C1.CC(C)N1CCCC2(CCCCC2)C1.CC(C)N1CCCC2(CCCCC2)CC1.CC(C)N1CCCC2(CCOCC2)C1.CC(C)N1CCCCC2(CCCCC2)C1.CC(C)N1CCOC2(CCOCC2)C1. The lowest BCUT2D eigenvalue weighted by Crippen LogP contribution is -2.55. The fourth-order valence-electron chi connectivity index (χ4n) is 24.6. The lowest BCUT2D eigenvalue weighted by atomic mass is 9.68. The average molecular weight is 1540 g/mol. The van der Waals surface area contributed by atoms with E-state index >= 15 is 0 Å². The Balaban J connectivity index is 0.000000145. The Hall–Kier alpha value is -0.440. The van der Waals surface area contributed by atoms with Gasteiger partial charge in [-0.25, -0.2) is 0 Å². The van der Waals surface area contributed by atoms with Crippen LogP contribution < -0.4 is 0 Å². The molecule has 16 rings (SSSR count). The lowest BCUT2D eigenvalue weighted by Gasteiger charge is -2.46. The van der Waals surface area contributed by atoms with Crippen molar-refractivity contribution in [1.82, 2.24) is 39.2 Å². The van der Waals surface area contributed by atoms with Crippen LogP contribution in [0.2, 0.25) is 0 Å². The van der Waals surface area contributed by atoms with Crippen LogP contribution in [0.4, 0.5) is 0 Å². The third-order valence-corrected chi connectivity index (χ3v) is 33.0. The van der Waals surface area contributed by atoms with E-state index in [2.05, 4.69) is 150 Å². The number of ether oxygens (including phenoxy) is 3. The van der Waals surface area contributed by atoms with Crippen molar-refractivity contribution < 1.29 is 14.2 Å². The van der Waals surface area contributed by atoms with Crippen LogP contribution in [0.1, 0.15) is 406 Å². The Bertz CT molecular complexity index is 2310. The molecule has 0 bridgehead atoms. The van der Waals surface area contributed by atoms with Crippen LogP contribution in [-0.4, -0.2) is 231 Å². The van der Waals surface area contributed by atoms with Gasteiger partial charge in [-0.1, -0.05) is 96.3 Å². The molecule has 10 heterocycles. The van der Waals surface area contributed by atoms with E-state index in [9.17, 15) is 0 Å². The highest BCUT2D eigenvalue weighted by molar-refractivity contribution is 5.00. The predicted octanol–water partition coefficient (Wildman–Crippen LogP) is 23.4. The summed E-state index contributed by atoms with van der Waals surface area (Å²) in [4.78, 5) is 21.3. The number of piperidine rings is 5. The predicted molar refractivity (Wildman–Crippen MR) is 473 cm³/mol. The second-order valence-corrected chi connectivity index (χ2v) is 43.6. The first-order valence-corrected chi connectivity index (χ1v) is 49.5. The van der Waals surface area contributed by atoms with Gasteiger partial charge < -0.3 is 48.5 Å². The van der Waals surface area contributed by atoms with Crippen molar-refractivity contribution in [1.29, 1.82) is 0 Å². The van der Waals surface area contributed by atoms with E-state index in [0.29, 0.717) is 11.5 Å². The number of nitrogens with zero attached hydrogens (tertiary/aromatic N) is 8. The first-order valence-electron chi connectivity index (χ1n) is 49.5. The summed E-state index contributed by atoms with van der Waals surface area (Å²) < 4.78 is 16.8. The number of hydrogen-bond acceptors (Lipinski definition) is 11. The van der Waals surface area contributed by atoms with E-state index in [0.717, 1.165) is 134 Å². The fourth-order valence-corrected chi connectivity index (χ4v) is 24.6. The Kier molecular flexibility index (Phi) is 38.9. The molecule has 16 fully saturated rings. The van der Waals surface area contributed by atoms with E-state index in [4.69, 9.17) is 14.2 Å². The van der Waals surface area contributed by atoms with E-state index in [1.54, 1.807) is 0 Å². The quantitative estimate of drug-likeness (QED) is 0.234. The van der Waals surface area contributed by atoms with Gasteiger partial charge >= 0.3 is 0 Å². The topological polar surface area (TPSA) is 53.6 Å². The first-order chi connectivity index (χ1) is 52.7. The van der Waals surface area contributed by atoms with Crippen molar-refractivity contribution >= 4 is 0 Å². The fraction of sp³-hybridized carbons (Fsp3) is 1.00. The van der Waals surface area contributed by atoms with Gasteiger partial charge in [0.05, 0.1) is 12.2 Å². The molecule has 0 atom stereocenters. The molecule has 0 radical (unpaired) electrons. The van der Waals surface area contributed by atoms with Crippen LogP contribution in [0.15, 0.2) is 0 Å². The molecule has 0 aromatic rings. The summed E-state index contributed by atoms with van der Waals surface area (Å²) >= 11 is 0. The largest absolute Gasteiger partial charge is 0.381 e. The molecule has 10 saturated heterocycles. The molecule has 6 aliphatic carbocycles. The number of likely N-dealkylation sites (tertiary alicyclic amines) is 7. The molecule has 6 saturated carbocycles. The first kappa shape index (κ1) is 93.4. The molecule has 0 aromatic carbocycles. The summed E-state index contributed by atoms with van der Waals surface area (Å²) in [5, 5.41) is 0. The highest BCUT2D eigenvalue weighted by atomic mass is 16.5. The van der Waals surface area contributed by atoms with Crippen LogP contribution in [0.25, 0.3) is 0 Å². The van der Waals surface area contributed by atoms with Crippen molar-refractivity contribution in [2.24, 2.45) is 37.9 Å². The van der Waals surface area contributed by atoms with Crippen LogP contribution in [-0.2, 0) is 14.2 Å². The summed E-state index contributed by atoms with van der Waals surface area (Å²) in [6.45, 7) is 63.0. The molecule has 0 unspecified atom stereocenters. The monoisotopic (exact) mass is 1540 g/mol. The van der Waals surface area contributed by atoms with Gasteiger partial charge in [0.25, 0.3) is 0 Å². The third kappa shape index (κ3) is 29.5. The van der Waals surface area contributed by atoms with E-state index in [1.165, 1.54) is 374 Å². The maximum atomic E-state index is 5.97. The molecule has 0 N–H and O–H groups in total. The van der Waals surface area contributed by atoms with Crippen molar-refractivity contribution in [3.63, 3.8) is 0 Å². The highest BCUT2D eigenvalue weighted by Crippen LogP contribution is 2.53. The number of rotatable bonds is 8. The van der Waals surface area contributed by atoms with Crippen LogP contribution in [0.5, 0.6) is 0 Å². The number of morpholine rings is 1. The van der Waals surface area contributed by atoms with Gasteiger partial charge in [0, 0.05) is 133 Å². The van der Waals surface area contributed by atoms with E-state index in [-0.39, 0.29) is 5.60 Å². The molecule has 11 nitrogen and oxygen atoms in total. The van der Waals surface area contributed by atoms with Crippen molar-refractivity contribution in [3.8, 4) is 0 Å². The van der Waals surface area contributed by atoms with Crippen molar-refractivity contribution in [2.75, 3.05) is 138 Å². The van der Waals surface area contributed by atoms with Gasteiger partial charge in [-0.3, -0.25) is 4.90 Å². The normalized spacial score (nSPS) is 28.6. The minimum Gasteiger partial charge on any atom is -0.381 e. The Morgan fingerprint density at radius 2 is 0.382 bits per heavy atom. The lowest BCUT2D eigenvalue weighted by molar-refractivity contribution is -0.158. The summed E-state index contributed by atoms with van der Waals surface area (Å²) in [7, 11) is 0. The summed E-state index contributed by atoms with van der Waals surface area (Å²) in [5.41, 5.74) is 5.29. The zero-order chi connectivity index (χ0) is 78.7. The summed E-state index contributed by atoms with van der Waals surface area (Å²) in [6.07, 6.45) is 67.3. The third-order valence-electron chi connectivity index (χ3n) is 33.0. The standard InChI is InChI=1S/2C14H27N.2C13H25N.C12H23NO.C12H23N.C11H21NO2.C10H19N/c1-13(2)15-11-7-6-10-14(12-15)8-4-3-5-9-14;1-13(2)15-11-6-9-14(10-12-15)7-4-3-5-8-14;1-12(2)14-10-6-9-13(11-14)7-4-3-5-8-13;1-12(2)14-10-8-13(9-11-14)6-4-3-5-7-13;1-11(2)13-7-3-4-12(10-13)5-8-14-9-6-12;1-11(2)13-9-5-8-12(10-13)6-3-4-7-12;1-10(2)12-5-8-14-11(9-12)3-6-13-7-4-11;1-9(2)11-7-3-4-10(8-11)5-6-10/h2*13H,3-12H2,1-2H3;2*12H,3-11H2,1-2H3;11H,3-10H2,1-2H3;11H,3-10H2,1-2H3;10H,3-9H2,1-2H3;9H,3-8H2,1-2H3. The van der Waals surface area contributed by atoms with Crippen LogP contribution in [0, 0.1) is 37.9 Å². The van der Waals surface area contributed by atoms with Gasteiger partial charge in [0.1, 0.15) is 0 Å². The van der Waals surface area contributed by atoms with Gasteiger partial charge in [0.15, 0.2) is 0 Å². The molecular formula is C99H190N8O3. The van der Waals surface area contributed by atoms with Gasteiger partial charge in [0.2, 0.25) is 0 Å². The van der Waals surface area contributed by atoms with Crippen LogP contribution in [0.3, 0.4) is 0 Å². The Morgan fingerprint density at radius 3 is 0.700 bits per heavy atom. The summed E-state index contributed by atoms with van der Waals surface area (Å²) in [6, 6.07) is 5.91. The Labute approximate surface area is 685 Å². The molecule has 0 aromatic heterocycles. The van der Waals surface area contributed by atoms with Crippen LogP contribution >= 0.6 is 0 Å². The second-order valence-electron chi connectivity index (χ2n) is 43.6. The van der Waals surface area contributed by atoms with Gasteiger partial charge in [-0.05, 0) is 394 Å². The minimum atomic E-state index is 0.112. The second kappa shape index (κ2) is 45.8. The van der Waals surface area contributed by atoms with Gasteiger partial charge in [-0.2, -0.15) is 0 Å². The maximum Gasteiger partial charge on any atom is 0.0853 e. The molecular weight excluding hydrogens is 1350 g/mol. The Morgan fingerprint density at radius 1 is 0.164 bits per heavy atom. The molecule has 11 heteroatoms. The van der Waals surface area contributed by atoms with Crippen molar-refractivity contribution in [2.45, 2.75) is 460 Å². The smallest absolute Gasteiger partial charge is 0.0853 e.